The molecule has 0 aliphatic carbocycles. The highest BCUT2D eigenvalue weighted by atomic mass is 16.5. The molecule has 7 heteroatoms. The van der Waals surface area contributed by atoms with E-state index in [1.165, 1.54) is 0 Å². The van der Waals surface area contributed by atoms with Gasteiger partial charge in [-0.15, -0.1) is 0 Å². The molecule has 0 unspecified atom stereocenters. The number of aryl methyl sites for hydroxylation is 2. The highest BCUT2D eigenvalue weighted by Gasteiger charge is 2.17. The number of H-pyrrole nitrogens is 1. The van der Waals surface area contributed by atoms with E-state index in [9.17, 15) is 9.59 Å². The minimum Gasteiger partial charge on any atom is -0.351 e. The Morgan fingerprint density at radius 1 is 1.27 bits per heavy atom. The van der Waals surface area contributed by atoms with Crippen molar-refractivity contribution in [2.45, 2.75) is 46.1 Å². The second kappa shape index (κ2) is 6.74. The van der Waals surface area contributed by atoms with Gasteiger partial charge in [0, 0.05) is 23.9 Å². The predicted octanol–water partition coefficient (Wildman–Crippen LogP) is 2.73. The van der Waals surface area contributed by atoms with E-state index in [0.717, 1.165) is 16.5 Å². The fraction of sp³-hybridized carbons (Fsp3) is 0.368. The average Bonchev–Trinajstić information content (AvgIpc) is 3.00. The highest BCUT2D eigenvalue weighted by molar-refractivity contribution is 5.83. The second-order valence-electron chi connectivity index (χ2n) is 7.41. The molecule has 2 N–H and O–H groups in total. The Balaban J connectivity index is 1.79. The van der Waals surface area contributed by atoms with Crippen LogP contribution in [0.3, 0.4) is 0 Å². The molecule has 26 heavy (non-hydrogen) atoms. The molecular weight excluding hydrogens is 332 g/mol. The molecule has 0 saturated carbocycles. The number of fused-ring (bicyclic) bond motifs is 1. The maximum atomic E-state index is 12.3. The maximum absolute atomic E-state index is 12.3. The Morgan fingerprint density at radius 3 is 2.77 bits per heavy atom. The van der Waals surface area contributed by atoms with Crippen molar-refractivity contribution < 1.29 is 9.32 Å². The van der Waals surface area contributed by atoms with E-state index in [1.54, 1.807) is 6.07 Å². The number of nitrogens with one attached hydrogen (secondary N) is 2. The van der Waals surface area contributed by atoms with Crippen molar-refractivity contribution in [1.29, 1.82) is 0 Å². The van der Waals surface area contributed by atoms with Gasteiger partial charge in [-0.05, 0) is 51.3 Å². The number of carbonyl (C=O) groups excluding carboxylic acids is 1. The number of amides is 1. The summed E-state index contributed by atoms with van der Waals surface area (Å²) in [6.45, 7) is 7.75. The monoisotopic (exact) mass is 354 g/mol. The third-order valence-electron chi connectivity index (χ3n) is 3.79. The number of aromatic amines is 1. The van der Waals surface area contributed by atoms with Gasteiger partial charge < -0.3 is 14.8 Å². The molecule has 2 heterocycles. The second-order valence-corrected chi connectivity index (χ2v) is 7.41. The van der Waals surface area contributed by atoms with Gasteiger partial charge in [0.1, 0.15) is 0 Å². The predicted molar refractivity (Wildman–Crippen MR) is 98.8 cm³/mol. The van der Waals surface area contributed by atoms with Crippen LogP contribution in [-0.4, -0.2) is 26.6 Å². The quantitative estimate of drug-likeness (QED) is 0.750. The molecule has 0 saturated heterocycles. The van der Waals surface area contributed by atoms with Gasteiger partial charge in [-0.1, -0.05) is 16.8 Å². The summed E-state index contributed by atoms with van der Waals surface area (Å²) in [5, 5.41) is 7.67. The zero-order valence-electron chi connectivity index (χ0n) is 15.3. The van der Waals surface area contributed by atoms with Crippen LogP contribution in [0.2, 0.25) is 0 Å². The van der Waals surface area contributed by atoms with Crippen molar-refractivity contribution >= 4 is 16.8 Å². The molecule has 0 bridgehead atoms. The topological polar surface area (TPSA) is 101 Å². The van der Waals surface area contributed by atoms with Gasteiger partial charge in [0.25, 0.3) is 5.56 Å². The molecule has 1 amide bonds. The molecule has 0 atom stereocenters. The summed E-state index contributed by atoms with van der Waals surface area (Å²) >= 11 is 0. The van der Waals surface area contributed by atoms with E-state index in [-0.39, 0.29) is 29.3 Å². The van der Waals surface area contributed by atoms with Gasteiger partial charge in [0.2, 0.25) is 17.6 Å². The molecule has 0 aliphatic heterocycles. The van der Waals surface area contributed by atoms with E-state index >= 15 is 0 Å². The van der Waals surface area contributed by atoms with Gasteiger partial charge in [0.15, 0.2) is 0 Å². The summed E-state index contributed by atoms with van der Waals surface area (Å²) in [5.74, 6) is 0.463. The van der Waals surface area contributed by atoms with Crippen LogP contribution in [-0.2, 0) is 11.2 Å². The Labute approximate surface area is 150 Å². The SMILES string of the molecule is Cc1ccc2[nH]c(=O)c(-c3noc(CCC(=O)NC(C)(C)C)n3)cc2c1. The van der Waals surface area contributed by atoms with E-state index in [4.69, 9.17) is 4.52 Å². The first-order chi connectivity index (χ1) is 12.2. The van der Waals surface area contributed by atoms with E-state index in [0.29, 0.717) is 17.9 Å². The number of nitrogens with zero attached hydrogens (tertiary/aromatic N) is 2. The molecular formula is C19H22N4O3. The molecule has 136 valence electrons. The minimum atomic E-state index is -0.284. The van der Waals surface area contributed by atoms with Gasteiger partial charge in [0.05, 0.1) is 5.56 Å². The van der Waals surface area contributed by atoms with Crippen LogP contribution in [0.1, 0.15) is 38.6 Å². The molecule has 2 aromatic heterocycles. The molecule has 0 radical (unpaired) electrons. The lowest BCUT2D eigenvalue weighted by atomic mass is 10.1. The lowest BCUT2D eigenvalue weighted by Crippen LogP contribution is -2.40. The minimum absolute atomic E-state index is 0.0868. The van der Waals surface area contributed by atoms with Crippen LogP contribution in [0.4, 0.5) is 0 Å². The van der Waals surface area contributed by atoms with E-state index in [2.05, 4.69) is 20.4 Å². The van der Waals surface area contributed by atoms with Crippen molar-refractivity contribution in [2.24, 2.45) is 0 Å². The molecule has 1 aromatic carbocycles. The lowest BCUT2D eigenvalue weighted by molar-refractivity contribution is -0.122. The van der Waals surface area contributed by atoms with Crippen molar-refractivity contribution in [1.82, 2.24) is 20.4 Å². The summed E-state index contributed by atoms with van der Waals surface area (Å²) < 4.78 is 5.20. The van der Waals surface area contributed by atoms with Crippen LogP contribution < -0.4 is 10.9 Å². The lowest BCUT2D eigenvalue weighted by Gasteiger charge is -2.20. The standard InChI is InChI=1S/C19H22N4O3/c1-11-5-6-14-12(9-11)10-13(18(25)20-14)17-21-16(26-23-17)8-7-15(24)22-19(2,3)4/h5-6,9-10H,7-8H2,1-4H3,(H,20,25)(H,22,24). The first-order valence-electron chi connectivity index (χ1n) is 8.49. The fourth-order valence-corrected chi connectivity index (χ4v) is 2.66. The average molecular weight is 354 g/mol. The van der Waals surface area contributed by atoms with Crippen LogP contribution >= 0.6 is 0 Å². The Morgan fingerprint density at radius 2 is 2.04 bits per heavy atom. The molecule has 0 aliphatic rings. The van der Waals surface area contributed by atoms with Crippen molar-refractivity contribution in [3.63, 3.8) is 0 Å². The van der Waals surface area contributed by atoms with Crippen molar-refractivity contribution in [3.8, 4) is 11.4 Å². The van der Waals surface area contributed by atoms with Gasteiger partial charge in [-0.3, -0.25) is 9.59 Å². The van der Waals surface area contributed by atoms with Crippen molar-refractivity contribution in [3.05, 3.63) is 46.1 Å². The van der Waals surface area contributed by atoms with E-state index in [1.807, 2.05) is 45.9 Å². The Bertz CT molecular complexity index is 1010. The number of hydrogen-bond donors (Lipinski definition) is 2. The smallest absolute Gasteiger partial charge is 0.259 e. The Kier molecular flexibility index (Phi) is 4.63. The summed E-state index contributed by atoms with van der Waals surface area (Å²) in [6.07, 6.45) is 0.561. The van der Waals surface area contributed by atoms with Crippen molar-refractivity contribution in [2.75, 3.05) is 0 Å². The summed E-state index contributed by atoms with van der Waals surface area (Å²) in [5.41, 5.74) is 1.63. The van der Waals surface area contributed by atoms with Gasteiger partial charge in [-0.2, -0.15) is 4.98 Å². The summed E-state index contributed by atoms with van der Waals surface area (Å²) in [6, 6.07) is 7.53. The van der Waals surface area contributed by atoms with Crippen LogP contribution in [0, 0.1) is 6.92 Å². The number of aromatic nitrogens is 3. The number of carbonyl (C=O) groups is 1. The number of rotatable bonds is 4. The normalized spacial score (nSPS) is 11.7. The van der Waals surface area contributed by atoms with Crippen LogP contribution in [0.15, 0.2) is 33.6 Å². The fourth-order valence-electron chi connectivity index (χ4n) is 2.66. The Hall–Kier alpha value is -2.96. The molecule has 7 nitrogen and oxygen atoms in total. The largest absolute Gasteiger partial charge is 0.351 e. The van der Waals surface area contributed by atoms with E-state index < -0.39 is 0 Å². The third kappa shape index (κ3) is 4.17. The highest BCUT2D eigenvalue weighted by Crippen LogP contribution is 2.18. The maximum Gasteiger partial charge on any atom is 0.259 e. The zero-order valence-corrected chi connectivity index (χ0v) is 15.3. The third-order valence-corrected chi connectivity index (χ3v) is 3.79. The zero-order chi connectivity index (χ0) is 18.9. The molecule has 3 rings (SSSR count). The summed E-state index contributed by atoms with van der Waals surface area (Å²) in [4.78, 5) is 31.3. The first-order valence-corrected chi connectivity index (χ1v) is 8.49. The molecule has 3 aromatic rings. The summed E-state index contributed by atoms with van der Waals surface area (Å²) in [7, 11) is 0. The molecule has 0 spiro atoms. The van der Waals surface area contributed by atoms with Gasteiger partial charge in [-0.25, -0.2) is 0 Å². The number of benzene rings is 1. The van der Waals surface area contributed by atoms with Crippen LogP contribution in [0.5, 0.6) is 0 Å². The first kappa shape index (κ1) is 17.8. The molecule has 0 fully saturated rings. The number of hydrogen-bond acceptors (Lipinski definition) is 5. The van der Waals surface area contributed by atoms with Crippen LogP contribution in [0.25, 0.3) is 22.3 Å². The number of pyridine rings is 1. The van der Waals surface area contributed by atoms with Gasteiger partial charge >= 0.3 is 0 Å².